The first-order chi connectivity index (χ1) is 6.65. The van der Waals surface area contributed by atoms with Gasteiger partial charge in [0.1, 0.15) is 0 Å². The van der Waals surface area contributed by atoms with Crippen LogP contribution >= 0.6 is 11.8 Å². The quantitative estimate of drug-likeness (QED) is 0.646. The van der Waals surface area contributed by atoms with E-state index in [2.05, 4.69) is 4.98 Å². The first-order valence-electron chi connectivity index (χ1n) is 4.08. The Morgan fingerprint density at radius 3 is 3.07 bits per heavy atom. The van der Waals surface area contributed by atoms with Crippen LogP contribution in [0.25, 0.3) is 0 Å². The number of aliphatic hydroxyl groups excluding tert-OH is 2. The highest BCUT2D eigenvalue weighted by molar-refractivity contribution is 7.99. The van der Waals surface area contributed by atoms with E-state index in [4.69, 9.17) is 10.2 Å². The van der Waals surface area contributed by atoms with E-state index in [1.165, 1.54) is 10.8 Å². The lowest BCUT2D eigenvalue weighted by Gasteiger charge is -2.05. The summed E-state index contributed by atoms with van der Waals surface area (Å²) in [4.78, 5) is 15.3. The Hall–Kier alpha value is -0.850. The van der Waals surface area contributed by atoms with E-state index in [9.17, 15) is 4.79 Å². The fourth-order valence-corrected chi connectivity index (χ4v) is 1.66. The summed E-state index contributed by atoms with van der Waals surface area (Å²) in [6.07, 6.45) is 2.27. The molecule has 0 saturated heterocycles. The van der Waals surface area contributed by atoms with Crippen LogP contribution < -0.4 is 5.56 Å². The van der Waals surface area contributed by atoms with Crippen molar-refractivity contribution >= 4 is 11.8 Å². The third kappa shape index (κ3) is 2.83. The van der Waals surface area contributed by atoms with Crippen molar-refractivity contribution in [2.24, 2.45) is 7.05 Å². The first-order valence-corrected chi connectivity index (χ1v) is 5.07. The lowest BCUT2D eigenvalue weighted by molar-refractivity contribution is 0.113. The molecular weight excluding hydrogens is 204 g/mol. The van der Waals surface area contributed by atoms with Crippen molar-refractivity contribution < 1.29 is 10.2 Å². The van der Waals surface area contributed by atoms with Gasteiger partial charge in [-0.3, -0.25) is 4.79 Å². The molecule has 0 bridgehead atoms. The van der Waals surface area contributed by atoms with Crippen LogP contribution in [0.4, 0.5) is 0 Å². The number of hydrogen-bond acceptors (Lipinski definition) is 5. The monoisotopic (exact) mass is 216 g/mol. The van der Waals surface area contributed by atoms with Gasteiger partial charge >= 0.3 is 0 Å². The van der Waals surface area contributed by atoms with Crippen molar-refractivity contribution in [3.63, 3.8) is 0 Å². The van der Waals surface area contributed by atoms with Gasteiger partial charge in [0.15, 0.2) is 5.03 Å². The molecule has 78 valence electrons. The molecular formula is C8H12N2O3S. The number of hydrogen-bond donors (Lipinski definition) is 2. The SMILES string of the molecule is Cn1ccnc(SCC(O)CO)c1=O. The maximum absolute atomic E-state index is 11.4. The summed E-state index contributed by atoms with van der Waals surface area (Å²) >= 11 is 1.14. The van der Waals surface area contributed by atoms with Crippen LogP contribution in [0.3, 0.4) is 0 Å². The average Bonchev–Trinajstić information content (AvgIpc) is 2.20. The zero-order chi connectivity index (χ0) is 10.6. The number of aromatic nitrogens is 2. The second-order valence-corrected chi connectivity index (χ2v) is 3.80. The van der Waals surface area contributed by atoms with Crippen molar-refractivity contribution in [2.45, 2.75) is 11.1 Å². The van der Waals surface area contributed by atoms with Gasteiger partial charge in [-0.15, -0.1) is 0 Å². The van der Waals surface area contributed by atoms with Gasteiger partial charge in [0.05, 0.1) is 12.7 Å². The highest BCUT2D eigenvalue weighted by Gasteiger charge is 2.07. The molecule has 1 heterocycles. The molecule has 0 amide bonds. The molecule has 2 N–H and O–H groups in total. The molecule has 1 atom stereocenters. The Balaban J connectivity index is 2.68. The molecule has 0 aliphatic carbocycles. The average molecular weight is 216 g/mol. The van der Waals surface area contributed by atoms with Crippen molar-refractivity contribution in [2.75, 3.05) is 12.4 Å². The van der Waals surface area contributed by atoms with Gasteiger partial charge in [-0.25, -0.2) is 4.98 Å². The van der Waals surface area contributed by atoms with E-state index in [0.717, 1.165) is 11.8 Å². The van der Waals surface area contributed by atoms with Crippen LogP contribution in [0.15, 0.2) is 22.2 Å². The van der Waals surface area contributed by atoms with Crippen LogP contribution in [-0.4, -0.2) is 38.2 Å². The highest BCUT2D eigenvalue weighted by Crippen LogP contribution is 2.10. The molecule has 0 spiro atoms. The minimum atomic E-state index is -0.813. The molecule has 14 heavy (non-hydrogen) atoms. The topological polar surface area (TPSA) is 75.3 Å². The zero-order valence-electron chi connectivity index (χ0n) is 7.75. The van der Waals surface area contributed by atoms with Crippen LogP contribution in [0.1, 0.15) is 0 Å². The van der Waals surface area contributed by atoms with E-state index in [0.29, 0.717) is 5.03 Å². The Morgan fingerprint density at radius 2 is 2.43 bits per heavy atom. The van der Waals surface area contributed by atoms with Crippen LogP contribution in [0, 0.1) is 0 Å². The number of aliphatic hydroxyl groups is 2. The zero-order valence-corrected chi connectivity index (χ0v) is 8.57. The first kappa shape index (κ1) is 11.2. The molecule has 1 aromatic heterocycles. The van der Waals surface area contributed by atoms with Crippen molar-refractivity contribution in [1.29, 1.82) is 0 Å². The van der Waals surface area contributed by atoms with Gasteiger partial charge in [0.2, 0.25) is 0 Å². The molecule has 1 rings (SSSR count). The smallest absolute Gasteiger partial charge is 0.282 e. The van der Waals surface area contributed by atoms with E-state index >= 15 is 0 Å². The number of aryl methyl sites for hydroxylation is 1. The van der Waals surface area contributed by atoms with Crippen molar-refractivity contribution in [3.8, 4) is 0 Å². The largest absolute Gasteiger partial charge is 0.394 e. The minimum absolute atomic E-state index is 0.192. The lowest BCUT2D eigenvalue weighted by Crippen LogP contribution is -2.21. The minimum Gasteiger partial charge on any atom is -0.394 e. The third-order valence-electron chi connectivity index (χ3n) is 1.61. The maximum atomic E-state index is 11.4. The summed E-state index contributed by atoms with van der Waals surface area (Å²) in [5, 5.41) is 18.0. The van der Waals surface area contributed by atoms with Gasteiger partial charge in [-0.1, -0.05) is 11.8 Å². The molecule has 6 heteroatoms. The van der Waals surface area contributed by atoms with Gasteiger partial charge in [-0.05, 0) is 0 Å². The van der Waals surface area contributed by atoms with E-state index < -0.39 is 6.10 Å². The third-order valence-corrected chi connectivity index (χ3v) is 2.71. The Bertz CT molecular complexity index is 353. The fraction of sp³-hybridized carbons (Fsp3) is 0.500. The molecule has 0 aromatic carbocycles. The Morgan fingerprint density at radius 1 is 1.71 bits per heavy atom. The summed E-state index contributed by atoms with van der Waals surface area (Å²) in [6, 6.07) is 0. The second-order valence-electron chi connectivity index (χ2n) is 2.80. The molecule has 1 aromatic rings. The molecule has 5 nitrogen and oxygen atoms in total. The summed E-state index contributed by atoms with van der Waals surface area (Å²) < 4.78 is 1.42. The maximum Gasteiger partial charge on any atom is 0.282 e. The lowest BCUT2D eigenvalue weighted by atomic mass is 10.4. The van der Waals surface area contributed by atoms with Gasteiger partial charge in [0, 0.05) is 25.2 Å². The second kappa shape index (κ2) is 5.14. The number of nitrogens with zero attached hydrogens (tertiary/aromatic N) is 2. The molecule has 0 radical (unpaired) electrons. The van der Waals surface area contributed by atoms with Crippen LogP contribution in [0.2, 0.25) is 0 Å². The Labute approximate surface area is 85.4 Å². The molecule has 0 fully saturated rings. The van der Waals surface area contributed by atoms with E-state index in [1.54, 1.807) is 13.2 Å². The summed E-state index contributed by atoms with van der Waals surface area (Å²) in [6.45, 7) is -0.305. The Kier molecular flexibility index (Phi) is 4.12. The summed E-state index contributed by atoms with van der Waals surface area (Å²) in [5.74, 6) is 0.267. The molecule has 0 aliphatic rings. The highest BCUT2D eigenvalue weighted by atomic mass is 32.2. The number of rotatable bonds is 4. The summed E-state index contributed by atoms with van der Waals surface area (Å²) in [7, 11) is 1.64. The fourth-order valence-electron chi connectivity index (χ4n) is 0.802. The molecule has 0 aliphatic heterocycles. The van der Waals surface area contributed by atoms with Crippen LogP contribution in [0.5, 0.6) is 0 Å². The summed E-state index contributed by atoms with van der Waals surface area (Å²) in [5.41, 5.74) is -0.192. The normalized spacial score (nSPS) is 12.8. The van der Waals surface area contributed by atoms with Gasteiger partial charge in [-0.2, -0.15) is 0 Å². The molecule has 0 saturated carbocycles. The van der Waals surface area contributed by atoms with Crippen molar-refractivity contribution in [3.05, 3.63) is 22.7 Å². The predicted octanol–water partition coefficient (Wildman–Crippen LogP) is -0.774. The van der Waals surface area contributed by atoms with E-state index in [-0.39, 0.29) is 17.9 Å². The van der Waals surface area contributed by atoms with Gasteiger partial charge in [0.25, 0.3) is 5.56 Å². The molecule has 1 unspecified atom stereocenters. The van der Waals surface area contributed by atoms with Crippen molar-refractivity contribution in [1.82, 2.24) is 9.55 Å². The van der Waals surface area contributed by atoms with Crippen LogP contribution in [-0.2, 0) is 7.05 Å². The standard InChI is InChI=1S/C8H12N2O3S/c1-10-3-2-9-7(8(10)13)14-5-6(12)4-11/h2-3,6,11-12H,4-5H2,1H3. The van der Waals surface area contributed by atoms with E-state index in [1.807, 2.05) is 0 Å². The predicted molar refractivity (Wildman–Crippen MR) is 53.3 cm³/mol. The van der Waals surface area contributed by atoms with Gasteiger partial charge < -0.3 is 14.8 Å². The number of thioether (sulfide) groups is 1.